The fourth-order valence-electron chi connectivity index (χ4n) is 0.936. The normalized spacial score (nSPS) is 18.0. The zero-order valence-corrected chi connectivity index (χ0v) is 5.85. The van der Waals surface area contributed by atoms with E-state index in [4.69, 9.17) is 0 Å². The van der Waals surface area contributed by atoms with E-state index in [1.807, 2.05) is 11.8 Å². The smallest absolute Gasteiger partial charge is 0.220 e. The average Bonchev–Trinajstić information content (AvgIpc) is 2.14. The van der Waals surface area contributed by atoms with Crippen molar-refractivity contribution in [1.29, 1.82) is 0 Å². The van der Waals surface area contributed by atoms with Crippen LogP contribution in [0.15, 0.2) is 11.6 Å². The highest BCUT2D eigenvalue weighted by molar-refractivity contribution is 5.74. The molecule has 0 unspecified atom stereocenters. The van der Waals surface area contributed by atoms with Gasteiger partial charge in [-0.1, -0.05) is 11.6 Å². The summed E-state index contributed by atoms with van der Waals surface area (Å²) in [6, 6.07) is 0. The number of carbonyl (C=O) groups is 1. The quantitative estimate of drug-likeness (QED) is 0.438. The Hall–Kier alpha value is -0.790. The van der Waals surface area contributed by atoms with Crippen LogP contribution in [-0.4, -0.2) is 23.9 Å². The highest BCUT2D eigenvalue weighted by Crippen LogP contribution is 2.06. The van der Waals surface area contributed by atoms with Crippen LogP contribution in [0.4, 0.5) is 0 Å². The van der Waals surface area contributed by atoms with Gasteiger partial charge in [0.05, 0.1) is 0 Å². The van der Waals surface area contributed by atoms with Crippen LogP contribution in [0, 0.1) is 0 Å². The molecule has 0 atom stereocenters. The maximum absolute atomic E-state index is 10.7. The molecule has 1 amide bonds. The second-order valence-electron chi connectivity index (χ2n) is 2.45. The molecular weight excluding hydrogens is 114 g/mol. The van der Waals surface area contributed by atoms with Gasteiger partial charge < -0.3 is 4.90 Å². The van der Waals surface area contributed by atoms with Gasteiger partial charge in [0.25, 0.3) is 0 Å². The van der Waals surface area contributed by atoms with Gasteiger partial charge in [-0.15, -0.1) is 0 Å². The molecule has 0 aromatic heterocycles. The molecule has 0 bridgehead atoms. The van der Waals surface area contributed by atoms with Crippen molar-refractivity contribution in [1.82, 2.24) is 4.90 Å². The molecule has 0 spiro atoms. The molecule has 0 saturated carbocycles. The lowest BCUT2D eigenvalue weighted by Gasteiger charge is -2.11. The van der Waals surface area contributed by atoms with Crippen molar-refractivity contribution in [2.24, 2.45) is 0 Å². The monoisotopic (exact) mass is 125 g/mol. The van der Waals surface area contributed by atoms with Crippen LogP contribution < -0.4 is 0 Å². The summed E-state index contributed by atoms with van der Waals surface area (Å²) >= 11 is 0. The van der Waals surface area contributed by atoms with Crippen LogP contribution in [0.3, 0.4) is 0 Å². The van der Waals surface area contributed by atoms with E-state index in [0.29, 0.717) is 0 Å². The molecule has 1 heterocycles. The molecule has 0 aromatic carbocycles. The van der Waals surface area contributed by atoms with Crippen molar-refractivity contribution < 1.29 is 4.79 Å². The Morgan fingerprint density at radius 3 is 2.67 bits per heavy atom. The maximum Gasteiger partial charge on any atom is 0.220 e. The van der Waals surface area contributed by atoms with Crippen LogP contribution in [0.2, 0.25) is 0 Å². The third-order valence-electron chi connectivity index (χ3n) is 1.55. The van der Waals surface area contributed by atoms with Crippen LogP contribution in [-0.2, 0) is 4.79 Å². The Kier molecular flexibility index (Phi) is 1.56. The van der Waals surface area contributed by atoms with Gasteiger partial charge in [-0.25, -0.2) is 0 Å². The minimum atomic E-state index is 0.170. The van der Waals surface area contributed by atoms with E-state index in [9.17, 15) is 4.79 Å². The summed E-state index contributed by atoms with van der Waals surface area (Å²) in [4.78, 5) is 12.5. The first-order chi connectivity index (χ1) is 4.20. The zero-order chi connectivity index (χ0) is 6.85. The van der Waals surface area contributed by atoms with Crippen molar-refractivity contribution in [3.05, 3.63) is 11.6 Å². The molecule has 2 nitrogen and oxygen atoms in total. The highest BCUT2D eigenvalue weighted by atomic mass is 16.2. The van der Waals surface area contributed by atoms with Crippen LogP contribution in [0.1, 0.15) is 13.8 Å². The molecule has 0 saturated heterocycles. The van der Waals surface area contributed by atoms with Gasteiger partial charge in [-0.3, -0.25) is 4.79 Å². The maximum atomic E-state index is 10.7. The lowest BCUT2D eigenvalue weighted by atomic mass is 10.3. The van der Waals surface area contributed by atoms with Crippen molar-refractivity contribution in [2.75, 3.05) is 13.1 Å². The molecule has 50 valence electrons. The summed E-state index contributed by atoms with van der Waals surface area (Å²) in [5.74, 6) is 0.170. The molecule has 1 rings (SSSR count). The summed E-state index contributed by atoms with van der Waals surface area (Å²) in [6.07, 6.45) is 2.08. The Morgan fingerprint density at radius 1 is 1.78 bits per heavy atom. The van der Waals surface area contributed by atoms with Crippen molar-refractivity contribution >= 4 is 5.91 Å². The van der Waals surface area contributed by atoms with Crippen LogP contribution in [0.5, 0.6) is 0 Å². The van der Waals surface area contributed by atoms with Gasteiger partial charge in [0.1, 0.15) is 0 Å². The van der Waals surface area contributed by atoms with E-state index in [2.05, 4.69) is 6.08 Å². The highest BCUT2D eigenvalue weighted by Gasteiger charge is 2.11. The molecule has 1 aliphatic heterocycles. The molecule has 1 aliphatic rings. The summed E-state index contributed by atoms with van der Waals surface area (Å²) in [7, 11) is 0. The van der Waals surface area contributed by atoms with E-state index in [1.165, 1.54) is 5.57 Å². The van der Waals surface area contributed by atoms with E-state index >= 15 is 0 Å². The predicted molar refractivity (Wildman–Crippen MR) is 36.0 cm³/mol. The van der Waals surface area contributed by atoms with Gasteiger partial charge >= 0.3 is 0 Å². The third-order valence-corrected chi connectivity index (χ3v) is 1.55. The van der Waals surface area contributed by atoms with Crippen molar-refractivity contribution in [2.45, 2.75) is 13.8 Å². The van der Waals surface area contributed by atoms with Gasteiger partial charge in [0.15, 0.2) is 0 Å². The molecule has 0 radical (unpaired) electrons. The van der Waals surface area contributed by atoms with Gasteiger partial charge in [0.2, 0.25) is 5.91 Å². The SMILES string of the molecule is CC(=O)N1CC=C(C)C1. The second kappa shape index (κ2) is 2.21. The van der Waals surface area contributed by atoms with Crippen LogP contribution >= 0.6 is 0 Å². The molecule has 0 fully saturated rings. The molecule has 0 aromatic rings. The minimum absolute atomic E-state index is 0.170. The number of hydrogen-bond acceptors (Lipinski definition) is 1. The molecular formula is C7H11NO. The number of rotatable bonds is 0. The van der Waals surface area contributed by atoms with E-state index in [-0.39, 0.29) is 5.91 Å². The van der Waals surface area contributed by atoms with E-state index in [1.54, 1.807) is 6.92 Å². The van der Waals surface area contributed by atoms with Crippen molar-refractivity contribution in [3.8, 4) is 0 Å². The number of carbonyl (C=O) groups excluding carboxylic acids is 1. The van der Waals surface area contributed by atoms with E-state index in [0.717, 1.165) is 13.1 Å². The zero-order valence-electron chi connectivity index (χ0n) is 5.85. The Balaban J connectivity index is 2.47. The number of amides is 1. The summed E-state index contributed by atoms with van der Waals surface area (Å²) in [6.45, 7) is 5.28. The Morgan fingerprint density at radius 2 is 2.44 bits per heavy atom. The first-order valence-electron chi connectivity index (χ1n) is 3.11. The minimum Gasteiger partial charge on any atom is -0.335 e. The Bertz CT molecular complexity index is 160. The van der Waals surface area contributed by atoms with Gasteiger partial charge in [-0.2, -0.15) is 0 Å². The topological polar surface area (TPSA) is 20.3 Å². The Labute approximate surface area is 55.2 Å². The average molecular weight is 125 g/mol. The molecule has 9 heavy (non-hydrogen) atoms. The fourth-order valence-corrected chi connectivity index (χ4v) is 0.936. The largest absolute Gasteiger partial charge is 0.335 e. The lowest BCUT2D eigenvalue weighted by Crippen LogP contribution is -2.25. The summed E-state index contributed by atoms with van der Waals surface area (Å²) < 4.78 is 0. The summed E-state index contributed by atoms with van der Waals surface area (Å²) in [5, 5.41) is 0. The van der Waals surface area contributed by atoms with Crippen molar-refractivity contribution in [3.63, 3.8) is 0 Å². The van der Waals surface area contributed by atoms with Crippen LogP contribution in [0.25, 0.3) is 0 Å². The van der Waals surface area contributed by atoms with Gasteiger partial charge in [-0.05, 0) is 6.92 Å². The fraction of sp³-hybridized carbons (Fsp3) is 0.571. The molecule has 2 heteroatoms. The number of hydrogen-bond donors (Lipinski definition) is 0. The summed E-state index contributed by atoms with van der Waals surface area (Å²) in [5.41, 5.74) is 1.30. The molecule has 0 N–H and O–H groups in total. The van der Waals surface area contributed by atoms with Gasteiger partial charge in [0, 0.05) is 20.0 Å². The molecule has 0 aliphatic carbocycles. The predicted octanol–water partition coefficient (Wildman–Crippen LogP) is 0.795. The number of nitrogens with zero attached hydrogens (tertiary/aromatic N) is 1. The lowest BCUT2D eigenvalue weighted by molar-refractivity contribution is -0.127. The first-order valence-corrected chi connectivity index (χ1v) is 3.11. The van der Waals surface area contributed by atoms with E-state index < -0.39 is 0 Å². The standard InChI is InChI=1S/C7H11NO/c1-6-3-4-8(5-6)7(2)9/h3H,4-5H2,1-2H3. The second-order valence-corrected chi connectivity index (χ2v) is 2.45. The first kappa shape index (κ1) is 6.33. The third kappa shape index (κ3) is 1.31.